The summed E-state index contributed by atoms with van der Waals surface area (Å²) in [6.45, 7) is 3.13. The van der Waals surface area contributed by atoms with Crippen LogP contribution in [0.15, 0.2) is 103 Å². The summed E-state index contributed by atoms with van der Waals surface area (Å²) >= 11 is 1.82. The molecule has 178 valence electrons. The number of halogens is 1. The van der Waals surface area contributed by atoms with Crippen LogP contribution in [0.25, 0.3) is 27.8 Å². The molecule has 1 aliphatic heterocycles. The van der Waals surface area contributed by atoms with Crippen molar-refractivity contribution in [3.63, 3.8) is 0 Å². The summed E-state index contributed by atoms with van der Waals surface area (Å²) in [5.74, 6) is 1.74. The van der Waals surface area contributed by atoms with Crippen molar-refractivity contribution in [1.82, 2.24) is 0 Å². The Hall–Kier alpha value is -3.30. The number of para-hydroxylation sites is 1. The van der Waals surface area contributed by atoms with Gasteiger partial charge in [0.2, 0.25) is 5.52 Å². The van der Waals surface area contributed by atoms with Gasteiger partial charge in [-0.05, 0) is 30.7 Å². The number of hydrogen-bond acceptors (Lipinski definition) is 6. The maximum absolute atomic E-state index is 8.49. The van der Waals surface area contributed by atoms with Crippen LogP contribution in [0.5, 0.6) is 0 Å². The van der Waals surface area contributed by atoms with Crippen LogP contribution in [0, 0.1) is 10.2 Å². The van der Waals surface area contributed by atoms with Gasteiger partial charge in [0.25, 0.3) is 5.01 Å². The summed E-state index contributed by atoms with van der Waals surface area (Å²) in [5.41, 5.74) is 4.56. The molecule has 1 aromatic heterocycles. The molecule has 35 heavy (non-hydrogen) atoms. The summed E-state index contributed by atoms with van der Waals surface area (Å²) < 4.78 is 44.0. The van der Waals surface area contributed by atoms with Crippen molar-refractivity contribution >= 4 is 39.1 Å². The minimum Gasteiger partial charge on any atom is -0.456 e. The molecule has 0 saturated heterocycles. The number of ether oxygens (including phenoxy) is 1. The third-order valence-electron chi connectivity index (χ3n) is 5.18. The molecule has 1 aliphatic rings. The molecule has 0 atom stereocenters. The van der Waals surface area contributed by atoms with Gasteiger partial charge in [-0.1, -0.05) is 84.1 Å². The maximum atomic E-state index is 8.49. The van der Waals surface area contributed by atoms with Gasteiger partial charge in [-0.15, -0.1) is 10.2 Å². The van der Waals surface area contributed by atoms with Crippen molar-refractivity contribution in [3.05, 3.63) is 119 Å². The van der Waals surface area contributed by atoms with Gasteiger partial charge in [-0.25, -0.2) is 18.6 Å². The topological polar surface area (TPSA) is 105 Å². The van der Waals surface area contributed by atoms with Gasteiger partial charge < -0.3 is 4.74 Å². The van der Waals surface area contributed by atoms with Crippen molar-refractivity contribution < 1.29 is 38.2 Å². The Morgan fingerprint density at radius 3 is 1.77 bits per heavy atom. The third-order valence-corrected chi connectivity index (χ3v) is 6.29. The van der Waals surface area contributed by atoms with Crippen LogP contribution in [0.1, 0.15) is 23.1 Å². The van der Waals surface area contributed by atoms with Crippen molar-refractivity contribution in [2.75, 3.05) is 0 Å². The van der Waals surface area contributed by atoms with Gasteiger partial charge in [0.15, 0.2) is 0 Å². The zero-order chi connectivity index (χ0) is 24.8. The normalized spacial score (nSPS) is 13.3. The molecule has 0 aliphatic carbocycles. The Kier molecular flexibility index (Phi) is 7.77. The van der Waals surface area contributed by atoms with Crippen LogP contribution in [0.2, 0.25) is 0 Å². The minimum absolute atomic E-state index is 0.868. The summed E-state index contributed by atoms with van der Waals surface area (Å²) in [7, 11) is -4.94. The van der Waals surface area contributed by atoms with Gasteiger partial charge in [0.05, 0.1) is 0 Å². The Labute approximate surface area is 209 Å². The lowest BCUT2D eigenvalue weighted by atomic mass is 10.0. The van der Waals surface area contributed by atoms with E-state index in [-0.39, 0.29) is 0 Å². The Bertz CT molecular complexity index is 1330. The van der Waals surface area contributed by atoms with Crippen LogP contribution in [0.3, 0.4) is 0 Å². The highest BCUT2D eigenvalue weighted by atomic mass is 35.7. The van der Waals surface area contributed by atoms with Crippen LogP contribution in [-0.2, 0) is 11.3 Å². The highest BCUT2D eigenvalue weighted by Crippen LogP contribution is 2.33. The summed E-state index contributed by atoms with van der Waals surface area (Å²) in [6.07, 6.45) is 6.53. The molecule has 0 radical (unpaired) electrons. The number of benzene rings is 3. The molecular formula is C27H22ClNO5S. The van der Waals surface area contributed by atoms with E-state index in [1.165, 1.54) is 15.2 Å². The quantitative estimate of drug-likeness (QED) is 0.392. The van der Waals surface area contributed by atoms with Gasteiger partial charge >= 0.3 is 0 Å². The molecule has 4 aromatic rings. The van der Waals surface area contributed by atoms with Crippen molar-refractivity contribution in [2.45, 2.75) is 13.5 Å². The number of allylic oxidation sites excluding steroid dienone is 3. The van der Waals surface area contributed by atoms with E-state index < -0.39 is 10.2 Å². The predicted molar refractivity (Wildman–Crippen MR) is 126 cm³/mol. The standard InChI is InChI=1S/C27H22NOS.ClHO4/c1-2-28-23-15-9-10-16-26(23)30-27(28)19-20-17-24(21-11-5-3-6-12-21)29-25(18-20)22-13-7-4-8-14-22;2-1(3,4)5/h3-19H,2H2,1H3;(H,2,3,4,5)/q+1;/p-1. The van der Waals surface area contributed by atoms with E-state index in [9.17, 15) is 0 Å². The number of nitrogens with zero attached hydrogens (tertiary/aromatic N) is 1. The second-order valence-corrected chi connectivity index (χ2v) is 9.34. The lowest BCUT2D eigenvalue weighted by Gasteiger charge is -2.18. The minimum atomic E-state index is -4.94. The first-order valence-corrected chi connectivity index (χ1v) is 12.8. The SMILES string of the molecule is CC[n+]1c(C=C2C=C(c3ccccc3)OC(c3ccccc3)=C2)sc2ccccc21.[O-][Cl+3]([O-])([O-])[O-]. The fourth-order valence-electron chi connectivity index (χ4n) is 3.72. The first-order valence-electron chi connectivity index (χ1n) is 10.8. The summed E-state index contributed by atoms with van der Waals surface area (Å²) in [4.78, 5) is 0. The van der Waals surface area contributed by atoms with Crippen LogP contribution < -0.4 is 23.2 Å². The zero-order valence-corrected chi connectivity index (χ0v) is 20.4. The largest absolute Gasteiger partial charge is 0.456 e. The van der Waals surface area contributed by atoms with Gasteiger partial charge in [0.1, 0.15) is 22.8 Å². The molecule has 0 bridgehead atoms. The number of aryl methyl sites for hydroxylation is 1. The second kappa shape index (κ2) is 11.0. The first kappa shape index (κ1) is 24.8. The maximum Gasteiger partial charge on any atom is 0.263 e. The van der Waals surface area contributed by atoms with Crippen molar-refractivity contribution in [1.29, 1.82) is 0 Å². The third kappa shape index (κ3) is 6.64. The van der Waals surface area contributed by atoms with E-state index in [0.717, 1.165) is 34.8 Å². The first-order chi connectivity index (χ1) is 16.8. The summed E-state index contributed by atoms with van der Waals surface area (Å²) in [5, 5.41) is 1.24. The smallest absolute Gasteiger partial charge is 0.263 e. The van der Waals surface area contributed by atoms with Crippen LogP contribution >= 0.6 is 11.3 Å². The highest BCUT2D eigenvalue weighted by molar-refractivity contribution is 7.18. The van der Waals surface area contributed by atoms with Gasteiger partial charge in [-0.2, -0.15) is 4.57 Å². The molecule has 2 heterocycles. The predicted octanol–water partition coefficient (Wildman–Crippen LogP) is 1.95. The van der Waals surface area contributed by atoms with Gasteiger partial charge in [0, 0.05) is 23.3 Å². The number of aromatic nitrogens is 1. The fraction of sp³-hybridized carbons (Fsp3) is 0.0741. The Morgan fingerprint density at radius 2 is 1.26 bits per heavy atom. The lowest BCUT2D eigenvalue weighted by molar-refractivity contribution is -2.00. The van der Waals surface area contributed by atoms with E-state index in [2.05, 4.69) is 78.2 Å². The zero-order valence-electron chi connectivity index (χ0n) is 18.8. The number of thiazole rings is 1. The molecule has 0 spiro atoms. The number of rotatable bonds is 4. The monoisotopic (exact) mass is 507 g/mol. The molecule has 0 N–H and O–H groups in total. The Balaban J connectivity index is 0.000000527. The average Bonchev–Trinajstić information content (AvgIpc) is 3.20. The Morgan fingerprint density at radius 1 is 0.771 bits per heavy atom. The molecule has 0 unspecified atom stereocenters. The molecule has 8 heteroatoms. The van der Waals surface area contributed by atoms with E-state index in [0.29, 0.717) is 0 Å². The number of fused-ring (bicyclic) bond motifs is 1. The van der Waals surface area contributed by atoms with Crippen LogP contribution in [0.4, 0.5) is 0 Å². The van der Waals surface area contributed by atoms with Crippen molar-refractivity contribution in [3.8, 4) is 0 Å². The van der Waals surface area contributed by atoms with E-state index in [4.69, 9.17) is 23.4 Å². The van der Waals surface area contributed by atoms with Crippen LogP contribution in [-0.4, -0.2) is 0 Å². The molecule has 0 amide bonds. The second-order valence-electron chi connectivity index (χ2n) is 7.53. The molecule has 5 rings (SSSR count). The van der Waals surface area contributed by atoms with E-state index >= 15 is 0 Å². The highest BCUT2D eigenvalue weighted by Gasteiger charge is 2.19. The number of hydrogen-bond donors (Lipinski definition) is 0. The van der Waals surface area contributed by atoms with E-state index in [1.807, 2.05) is 47.7 Å². The molecule has 6 nitrogen and oxygen atoms in total. The summed E-state index contributed by atoms with van der Waals surface area (Å²) in [6, 6.07) is 29.2. The van der Waals surface area contributed by atoms with Crippen molar-refractivity contribution in [2.24, 2.45) is 0 Å². The molecule has 0 fully saturated rings. The lowest BCUT2D eigenvalue weighted by Crippen LogP contribution is -2.68. The molecule has 0 saturated carbocycles. The van der Waals surface area contributed by atoms with E-state index in [1.54, 1.807) is 0 Å². The van der Waals surface area contributed by atoms with Gasteiger partial charge in [-0.3, -0.25) is 0 Å². The molecular weight excluding hydrogens is 486 g/mol. The average molecular weight is 508 g/mol. The fourth-order valence-corrected chi connectivity index (χ4v) is 4.91. The molecule has 3 aromatic carbocycles.